The summed E-state index contributed by atoms with van der Waals surface area (Å²) in [6.07, 6.45) is 5.34. The van der Waals surface area contributed by atoms with Gasteiger partial charge in [-0.05, 0) is 44.1 Å². The van der Waals surface area contributed by atoms with Crippen LogP contribution in [0.15, 0.2) is 46.9 Å². The van der Waals surface area contributed by atoms with E-state index in [0.29, 0.717) is 56.6 Å². The number of guanidine groups is 1. The van der Waals surface area contributed by atoms with Crippen LogP contribution in [-0.2, 0) is 20.8 Å². The fourth-order valence-electron chi connectivity index (χ4n) is 5.23. The summed E-state index contributed by atoms with van der Waals surface area (Å²) in [5, 5.41) is 4.87. The van der Waals surface area contributed by atoms with Crippen LogP contribution in [0.4, 0.5) is 0 Å². The molecule has 2 saturated heterocycles. The van der Waals surface area contributed by atoms with E-state index in [9.17, 15) is 19.2 Å². The monoisotopic (exact) mass is 553 g/mol. The highest BCUT2D eigenvalue weighted by Gasteiger charge is 2.46. The Kier molecular flexibility index (Phi) is 9.64. The first-order chi connectivity index (χ1) is 18.8. The number of benzene rings is 1. The van der Waals surface area contributed by atoms with Crippen molar-refractivity contribution < 1.29 is 19.2 Å². The molecule has 3 amide bonds. The van der Waals surface area contributed by atoms with E-state index < -0.39 is 12.1 Å². The molecule has 208 valence electrons. The molecular weight excluding hydrogens is 518 g/mol. The fraction of sp³-hybridized carbons (Fsp3) is 0.481. The molecule has 4 rings (SSSR count). The molecule has 3 heterocycles. The Morgan fingerprint density at radius 1 is 1.15 bits per heavy atom. The lowest BCUT2D eigenvalue weighted by molar-refractivity contribution is -0.151. The van der Waals surface area contributed by atoms with Crippen molar-refractivity contribution in [3.8, 4) is 0 Å². The number of hydrogen-bond acceptors (Lipinski definition) is 7. The second kappa shape index (κ2) is 13.3. The Morgan fingerprint density at radius 3 is 2.67 bits per heavy atom. The van der Waals surface area contributed by atoms with Crippen LogP contribution in [0.3, 0.4) is 0 Å². The van der Waals surface area contributed by atoms with E-state index in [2.05, 4.69) is 15.3 Å². The predicted molar refractivity (Wildman–Crippen MR) is 148 cm³/mol. The number of fused-ring (bicyclic) bond motifs is 1. The van der Waals surface area contributed by atoms with E-state index in [1.807, 2.05) is 30.3 Å². The lowest BCUT2D eigenvalue weighted by Crippen LogP contribution is -2.60. The van der Waals surface area contributed by atoms with E-state index >= 15 is 0 Å². The molecule has 12 heteroatoms. The minimum absolute atomic E-state index is 0.0360. The van der Waals surface area contributed by atoms with Gasteiger partial charge in [-0.1, -0.05) is 30.3 Å². The summed E-state index contributed by atoms with van der Waals surface area (Å²) < 4.78 is 0. The van der Waals surface area contributed by atoms with E-state index in [4.69, 9.17) is 11.5 Å². The molecule has 1 aromatic carbocycles. The number of nitrogens with two attached hydrogens (primary N) is 2. The van der Waals surface area contributed by atoms with E-state index in [0.717, 1.165) is 6.42 Å². The minimum Gasteiger partial charge on any atom is -0.370 e. The van der Waals surface area contributed by atoms with Crippen molar-refractivity contribution in [1.29, 1.82) is 0 Å². The molecule has 11 nitrogen and oxygen atoms in total. The Hall–Kier alpha value is -3.80. The van der Waals surface area contributed by atoms with Gasteiger partial charge < -0.3 is 26.6 Å². The third-order valence-corrected chi connectivity index (χ3v) is 7.91. The SMILES string of the molecule is NC(N)=NCCCC(NC(=O)[C@@H]1CC[C@H]2CN(C(=O)CCCc3ccccc3)CC(=O)N21)C(=O)c1nccs1. The molecule has 0 saturated carbocycles. The number of piperazine rings is 1. The molecule has 0 spiro atoms. The number of ketones is 1. The van der Waals surface area contributed by atoms with Gasteiger partial charge in [-0.2, -0.15) is 0 Å². The van der Waals surface area contributed by atoms with Gasteiger partial charge in [0.2, 0.25) is 23.5 Å². The van der Waals surface area contributed by atoms with E-state index in [1.54, 1.807) is 21.4 Å². The largest absolute Gasteiger partial charge is 0.370 e. The molecule has 0 aliphatic carbocycles. The molecule has 0 radical (unpaired) electrons. The number of aliphatic imine (C=N–C) groups is 1. The number of carbonyl (C=O) groups is 4. The molecule has 39 heavy (non-hydrogen) atoms. The van der Waals surface area contributed by atoms with Crippen LogP contribution in [0.5, 0.6) is 0 Å². The van der Waals surface area contributed by atoms with Gasteiger partial charge in [0, 0.05) is 31.1 Å². The first-order valence-electron chi connectivity index (χ1n) is 13.3. The van der Waals surface area contributed by atoms with Gasteiger partial charge in [0.25, 0.3) is 0 Å². The van der Waals surface area contributed by atoms with Crippen LogP contribution >= 0.6 is 11.3 Å². The number of hydrogen-bond donors (Lipinski definition) is 3. The van der Waals surface area contributed by atoms with Crippen LogP contribution in [0.2, 0.25) is 0 Å². The first kappa shape index (κ1) is 28.2. The summed E-state index contributed by atoms with van der Waals surface area (Å²) in [6.45, 7) is 0.704. The average Bonchev–Trinajstić information content (AvgIpc) is 3.61. The lowest BCUT2D eigenvalue weighted by atomic mass is 10.1. The van der Waals surface area contributed by atoms with Crippen LogP contribution in [0.1, 0.15) is 53.9 Å². The van der Waals surface area contributed by atoms with Gasteiger partial charge in [-0.15, -0.1) is 11.3 Å². The van der Waals surface area contributed by atoms with Crippen LogP contribution in [0, 0.1) is 0 Å². The van der Waals surface area contributed by atoms with Gasteiger partial charge in [0.05, 0.1) is 18.6 Å². The topological polar surface area (TPSA) is 164 Å². The third kappa shape index (κ3) is 7.41. The second-order valence-corrected chi connectivity index (χ2v) is 10.8. The van der Waals surface area contributed by atoms with Gasteiger partial charge in [-0.25, -0.2) is 4.98 Å². The number of thiazole rings is 1. The number of aromatic nitrogens is 1. The highest BCUT2D eigenvalue weighted by molar-refractivity contribution is 7.11. The maximum atomic E-state index is 13.3. The van der Waals surface area contributed by atoms with Crippen molar-refractivity contribution in [2.75, 3.05) is 19.6 Å². The number of rotatable bonds is 12. The maximum absolute atomic E-state index is 13.3. The van der Waals surface area contributed by atoms with Crippen molar-refractivity contribution in [2.45, 2.75) is 63.1 Å². The van der Waals surface area contributed by atoms with Gasteiger partial charge in [-0.3, -0.25) is 24.2 Å². The van der Waals surface area contributed by atoms with Crippen molar-refractivity contribution >= 4 is 40.8 Å². The number of carbonyl (C=O) groups excluding carboxylic acids is 4. The summed E-state index contributed by atoms with van der Waals surface area (Å²) in [6, 6.07) is 8.29. The summed E-state index contributed by atoms with van der Waals surface area (Å²) in [4.78, 5) is 63.6. The van der Waals surface area contributed by atoms with Gasteiger partial charge >= 0.3 is 0 Å². The predicted octanol–water partition coefficient (Wildman–Crippen LogP) is 1.09. The molecule has 2 aromatic rings. The number of amides is 3. The second-order valence-electron chi connectivity index (χ2n) is 9.87. The van der Waals surface area contributed by atoms with Crippen LogP contribution < -0.4 is 16.8 Å². The lowest BCUT2D eigenvalue weighted by Gasteiger charge is -2.39. The normalized spacial score (nSPS) is 19.3. The van der Waals surface area contributed by atoms with Crippen molar-refractivity contribution in [1.82, 2.24) is 20.1 Å². The molecule has 2 fully saturated rings. The zero-order valence-corrected chi connectivity index (χ0v) is 22.6. The summed E-state index contributed by atoms with van der Waals surface area (Å²) in [5.74, 6) is -0.969. The molecular formula is C27H35N7O4S. The molecule has 1 unspecified atom stereocenters. The smallest absolute Gasteiger partial charge is 0.243 e. The Labute approximate surface area is 231 Å². The van der Waals surface area contributed by atoms with E-state index in [-0.39, 0.29) is 42.1 Å². The number of nitrogens with one attached hydrogen (secondary N) is 1. The molecule has 1 aromatic heterocycles. The molecule has 2 aliphatic heterocycles. The quantitative estimate of drug-likeness (QED) is 0.153. The summed E-state index contributed by atoms with van der Waals surface area (Å²) >= 11 is 1.21. The first-order valence-corrected chi connectivity index (χ1v) is 14.1. The number of nitrogens with zero attached hydrogens (tertiary/aromatic N) is 4. The Balaban J connectivity index is 1.33. The average molecular weight is 554 g/mol. The van der Waals surface area contributed by atoms with Gasteiger partial charge in [0.1, 0.15) is 6.04 Å². The highest BCUT2D eigenvalue weighted by Crippen LogP contribution is 2.29. The highest BCUT2D eigenvalue weighted by atomic mass is 32.1. The third-order valence-electron chi connectivity index (χ3n) is 7.12. The zero-order valence-electron chi connectivity index (χ0n) is 21.8. The standard InChI is InChI=1S/C27H35N7O4S/c28-27(29)31-13-5-9-20(24(37)26-30-14-15-39-26)32-25(38)21-12-11-19-16-33(17-23(36)34(19)21)22(35)10-4-8-18-6-2-1-3-7-18/h1-3,6-7,14-15,19-21H,4-5,8-13,16-17H2,(H,32,38)(H4,28,29,31)/t19-,20?,21-/m0/s1. The number of aryl methyl sites for hydroxylation is 1. The van der Waals surface area contributed by atoms with Crippen LogP contribution in [-0.4, -0.2) is 82.0 Å². The number of Topliss-reactive ketones (excluding diaryl/α,β-unsaturated/α-hetero) is 1. The summed E-state index contributed by atoms with van der Waals surface area (Å²) in [7, 11) is 0. The van der Waals surface area contributed by atoms with Crippen molar-refractivity contribution in [3.63, 3.8) is 0 Å². The maximum Gasteiger partial charge on any atom is 0.243 e. The minimum atomic E-state index is -0.806. The molecule has 2 aliphatic rings. The van der Waals surface area contributed by atoms with Crippen molar-refractivity contribution in [3.05, 3.63) is 52.5 Å². The van der Waals surface area contributed by atoms with Crippen LogP contribution in [0.25, 0.3) is 0 Å². The molecule has 5 N–H and O–H groups in total. The Bertz CT molecular complexity index is 1180. The zero-order chi connectivity index (χ0) is 27.8. The Morgan fingerprint density at radius 2 is 1.95 bits per heavy atom. The summed E-state index contributed by atoms with van der Waals surface area (Å²) in [5.41, 5.74) is 11.9. The molecule has 3 atom stereocenters. The van der Waals surface area contributed by atoms with Crippen molar-refractivity contribution in [2.24, 2.45) is 16.5 Å². The van der Waals surface area contributed by atoms with Gasteiger partial charge in [0.15, 0.2) is 11.0 Å². The fourth-order valence-corrected chi connectivity index (χ4v) is 5.86. The van der Waals surface area contributed by atoms with E-state index in [1.165, 1.54) is 16.9 Å². The molecule has 0 bridgehead atoms.